The van der Waals surface area contributed by atoms with E-state index >= 15 is 0 Å². The van der Waals surface area contributed by atoms with Crippen LogP contribution in [0.15, 0.2) is 17.7 Å². The molecule has 2 aromatic rings. The number of nitrogens with zero attached hydrogens (tertiary/aromatic N) is 1. The van der Waals surface area contributed by atoms with Gasteiger partial charge in [0, 0.05) is 20.4 Å². The Morgan fingerprint density at radius 3 is 2.38 bits per heavy atom. The van der Waals surface area contributed by atoms with E-state index in [4.69, 9.17) is 9.47 Å². The Morgan fingerprint density at radius 1 is 1.16 bits per heavy atom. The van der Waals surface area contributed by atoms with Crippen LogP contribution in [-0.2, 0) is 20.7 Å². The molecule has 0 saturated heterocycles. The second kappa shape index (κ2) is 11.8. The minimum absolute atomic E-state index is 0.0321. The summed E-state index contributed by atoms with van der Waals surface area (Å²) in [6, 6.07) is 5.28. The summed E-state index contributed by atoms with van der Waals surface area (Å²) in [4.78, 5) is 38.3. The maximum absolute atomic E-state index is 12.9. The number of nitriles is 1. The summed E-state index contributed by atoms with van der Waals surface area (Å²) in [7, 11) is 0. The van der Waals surface area contributed by atoms with Gasteiger partial charge in [0.25, 0.3) is 0 Å². The van der Waals surface area contributed by atoms with E-state index in [1.54, 1.807) is 32.9 Å². The van der Waals surface area contributed by atoms with Crippen LogP contribution in [0.1, 0.15) is 49.9 Å². The molecule has 0 amide bonds. The number of phenolic OH excluding ortho intramolecular Hbond substituents is 1. The molecule has 0 unspecified atom stereocenters. The number of phenols is 1. The zero-order valence-electron chi connectivity index (χ0n) is 17.5. The number of ether oxygens (including phenoxy) is 2. The molecule has 10 heteroatoms. The molecular weight excluding hydrogens is 660 g/mol. The average Bonchev–Trinajstić information content (AvgIpc) is 3.05. The molecule has 0 radical (unpaired) electrons. The van der Waals surface area contributed by atoms with Crippen LogP contribution in [0.25, 0.3) is 6.08 Å². The maximum atomic E-state index is 12.9. The van der Waals surface area contributed by atoms with Crippen molar-refractivity contribution in [2.24, 2.45) is 0 Å². The first-order valence-electron chi connectivity index (χ1n) is 9.43. The highest BCUT2D eigenvalue weighted by atomic mass is 127. The maximum Gasteiger partial charge on any atom is 0.348 e. The van der Waals surface area contributed by atoms with Crippen LogP contribution < -0.4 is 0 Å². The first-order valence-corrected chi connectivity index (χ1v) is 12.4. The first kappa shape index (κ1) is 26.3. The Morgan fingerprint density at radius 2 is 1.78 bits per heavy atom. The van der Waals surface area contributed by atoms with Crippen molar-refractivity contribution in [1.29, 1.82) is 5.26 Å². The number of benzene rings is 1. The van der Waals surface area contributed by atoms with Crippen LogP contribution in [0.2, 0.25) is 0 Å². The third-order valence-electron chi connectivity index (χ3n) is 4.26. The smallest absolute Gasteiger partial charge is 0.348 e. The zero-order valence-corrected chi connectivity index (χ0v) is 22.6. The zero-order chi connectivity index (χ0) is 24.0. The van der Waals surface area contributed by atoms with Crippen LogP contribution in [0.4, 0.5) is 0 Å². The van der Waals surface area contributed by atoms with Crippen LogP contribution in [0.3, 0.4) is 0 Å². The van der Waals surface area contributed by atoms with E-state index < -0.39 is 17.7 Å². The van der Waals surface area contributed by atoms with Crippen molar-refractivity contribution in [2.45, 2.75) is 27.2 Å². The molecule has 168 valence electrons. The molecular formula is C22H19I2NO6S. The van der Waals surface area contributed by atoms with Crippen molar-refractivity contribution in [2.75, 3.05) is 13.2 Å². The number of aromatic hydroxyl groups is 1. The summed E-state index contributed by atoms with van der Waals surface area (Å²) in [6.07, 6.45) is 1.04. The molecule has 0 spiro atoms. The number of hydrogen-bond acceptors (Lipinski definition) is 8. The topological polar surface area (TPSA) is 114 Å². The summed E-state index contributed by atoms with van der Waals surface area (Å²) in [6.45, 7) is 5.21. The van der Waals surface area contributed by atoms with Crippen molar-refractivity contribution in [3.63, 3.8) is 0 Å². The van der Waals surface area contributed by atoms with Gasteiger partial charge in [0.2, 0.25) is 0 Å². The van der Waals surface area contributed by atoms with E-state index in [2.05, 4.69) is 22.6 Å². The minimum atomic E-state index is -0.646. The Kier molecular flexibility index (Phi) is 9.65. The van der Waals surface area contributed by atoms with Crippen LogP contribution in [0, 0.1) is 25.4 Å². The lowest BCUT2D eigenvalue weighted by molar-refractivity contribution is -0.114. The largest absolute Gasteiger partial charge is 0.506 e. The number of allylic oxidation sites excluding steroid dienone is 1. The molecule has 0 atom stereocenters. The molecule has 0 bridgehead atoms. The second-order valence-corrected chi connectivity index (χ2v) is 9.90. The third kappa shape index (κ3) is 6.08. The number of rotatable bonds is 8. The van der Waals surface area contributed by atoms with Gasteiger partial charge in [-0.3, -0.25) is 4.79 Å². The van der Waals surface area contributed by atoms with E-state index in [0.717, 1.165) is 14.9 Å². The summed E-state index contributed by atoms with van der Waals surface area (Å²) in [5.74, 6) is -1.82. The average molecular weight is 679 g/mol. The Bertz CT molecular complexity index is 1150. The van der Waals surface area contributed by atoms with Gasteiger partial charge in [-0.2, -0.15) is 5.26 Å². The van der Waals surface area contributed by atoms with Crippen LogP contribution >= 0.6 is 56.5 Å². The van der Waals surface area contributed by atoms with Gasteiger partial charge < -0.3 is 14.6 Å². The molecule has 0 fully saturated rings. The monoisotopic (exact) mass is 679 g/mol. The summed E-state index contributed by atoms with van der Waals surface area (Å²) >= 11 is 5.01. The van der Waals surface area contributed by atoms with Crippen molar-refractivity contribution >= 4 is 80.3 Å². The number of hydrogen-bond donors (Lipinski definition) is 1. The van der Waals surface area contributed by atoms with Crippen LogP contribution in [-0.4, -0.2) is 36.0 Å². The van der Waals surface area contributed by atoms with E-state index in [-0.39, 0.29) is 41.4 Å². The number of carbonyl (C=O) groups is 3. The Hall–Kier alpha value is -1.98. The number of halogens is 2. The first-order chi connectivity index (χ1) is 15.1. The quantitative estimate of drug-likeness (QED) is 0.180. The highest BCUT2D eigenvalue weighted by Gasteiger charge is 2.28. The standard InChI is InChI=1S/C22H19I2NO6S/c1-4-30-21(28)18-11(3)20(22(29)31-5-2)32-17(18)9-16(26)13(10-25)6-12-7-14(23)8-15(24)19(12)27/h6-8,27H,4-5,9H2,1-3H3. The van der Waals surface area contributed by atoms with Gasteiger partial charge >= 0.3 is 11.9 Å². The molecule has 32 heavy (non-hydrogen) atoms. The third-order valence-corrected chi connectivity index (χ3v) is 6.98. The minimum Gasteiger partial charge on any atom is -0.506 e. The van der Waals surface area contributed by atoms with Crippen molar-refractivity contribution in [1.82, 2.24) is 0 Å². The van der Waals surface area contributed by atoms with Crippen molar-refractivity contribution in [3.05, 3.63) is 51.3 Å². The van der Waals surface area contributed by atoms with E-state index in [1.165, 1.54) is 6.08 Å². The fraction of sp³-hybridized carbons (Fsp3) is 0.273. The van der Waals surface area contributed by atoms with Gasteiger partial charge in [-0.1, -0.05) is 0 Å². The van der Waals surface area contributed by atoms with E-state index in [0.29, 0.717) is 19.6 Å². The Balaban J connectivity index is 2.49. The molecule has 2 rings (SSSR count). The van der Waals surface area contributed by atoms with Crippen molar-refractivity contribution in [3.8, 4) is 11.8 Å². The molecule has 1 N–H and O–H groups in total. The normalized spacial score (nSPS) is 11.1. The lowest BCUT2D eigenvalue weighted by atomic mass is 10.0. The van der Waals surface area contributed by atoms with E-state index in [9.17, 15) is 24.8 Å². The highest BCUT2D eigenvalue weighted by molar-refractivity contribution is 14.1. The lowest BCUT2D eigenvalue weighted by Gasteiger charge is -2.06. The number of carbonyl (C=O) groups excluding carboxylic acids is 3. The predicted molar refractivity (Wildman–Crippen MR) is 137 cm³/mol. The number of thiophene rings is 1. The van der Waals surface area contributed by atoms with Crippen molar-refractivity contribution < 1.29 is 29.0 Å². The van der Waals surface area contributed by atoms with Gasteiger partial charge in [0.05, 0.1) is 27.9 Å². The Labute approximate surface area is 216 Å². The fourth-order valence-electron chi connectivity index (χ4n) is 2.83. The van der Waals surface area contributed by atoms with E-state index in [1.807, 2.05) is 28.7 Å². The fourth-order valence-corrected chi connectivity index (χ4v) is 5.90. The SMILES string of the molecule is CCOC(=O)c1sc(CC(=O)C(C#N)=Cc2cc(I)cc(I)c2O)c(C(=O)OCC)c1C. The van der Waals surface area contributed by atoms with Crippen LogP contribution in [0.5, 0.6) is 5.75 Å². The van der Waals surface area contributed by atoms with Gasteiger partial charge in [-0.15, -0.1) is 11.3 Å². The molecule has 1 heterocycles. The number of Topliss-reactive ketones (excluding diaryl/α,β-unsaturated/α-hetero) is 1. The highest BCUT2D eigenvalue weighted by Crippen LogP contribution is 2.32. The van der Waals surface area contributed by atoms with Gasteiger partial charge in [-0.25, -0.2) is 9.59 Å². The molecule has 0 aliphatic heterocycles. The number of esters is 2. The summed E-state index contributed by atoms with van der Waals surface area (Å²) in [5, 5.41) is 19.8. The molecule has 1 aromatic heterocycles. The summed E-state index contributed by atoms with van der Waals surface area (Å²) in [5.41, 5.74) is 0.669. The van der Waals surface area contributed by atoms with Gasteiger partial charge in [0.1, 0.15) is 16.7 Å². The molecule has 0 aliphatic carbocycles. The molecule has 0 saturated carbocycles. The van der Waals surface area contributed by atoms with Gasteiger partial charge in [0.15, 0.2) is 5.78 Å². The molecule has 1 aromatic carbocycles. The second-order valence-electron chi connectivity index (χ2n) is 6.39. The predicted octanol–water partition coefficient (Wildman–Crippen LogP) is 5.04. The van der Waals surface area contributed by atoms with Gasteiger partial charge in [-0.05, 0) is 89.7 Å². The number of ketones is 1. The molecule has 0 aliphatic rings. The summed E-state index contributed by atoms with van der Waals surface area (Å²) < 4.78 is 11.6. The lowest BCUT2D eigenvalue weighted by Crippen LogP contribution is -2.12. The molecule has 7 nitrogen and oxygen atoms in total.